The fraction of sp³-hybridized carbons (Fsp3) is 0.160. The molecule has 0 unspecified atom stereocenters. The maximum Gasteiger partial charge on any atom is 0.540 e. The number of hydrogen-bond donors (Lipinski definition) is 1. The van der Waals surface area contributed by atoms with Crippen LogP contribution in [0.25, 0.3) is 0 Å². The number of para-hydroxylation sites is 1. The summed E-state index contributed by atoms with van der Waals surface area (Å²) in [5.41, 5.74) is 6.80. The van der Waals surface area contributed by atoms with Crippen molar-refractivity contribution in [2.45, 2.75) is 19.7 Å². The Kier molecular flexibility index (Phi) is 8.87. The topological polar surface area (TPSA) is 105 Å². The summed E-state index contributed by atoms with van der Waals surface area (Å²) in [7, 11) is 0. The highest BCUT2D eigenvalue weighted by atomic mass is 19.4. The van der Waals surface area contributed by atoms with Crippen LogP contribution >= 0.6 is 0 Å². The zero-order valence-corrected chi connectivity index (χ0v) is 19.1. The Hall–Kier alpha value is -4.54. The van der Waals surface area contributed by atoms with Crippen LogP contribution in [0.5, 0.6) is 11.5 Å². The van der Waals surface area contributed by atoms with Gasteiger partial charge in [0.15, 0.2) is 5.84 Å². The van der Waals surface area contributed by atoms with Gasteiger partial charge in [-0.1, -0.05) is 40.6 Å². The van der Waals surface area contributed by atoms with Crippen LogP contribution in [0.2, 0.25) is 0 Å². The average molecular weight is 501 g/mol. The molecule has 11 heteroatoms. The third-order valence-electron chi connectivity index (χ3n) is 4.55. The maximum atomic E-state index is 12.6. The van der Waals surface area contributed by atoms with Crippen molar-refractivity contribution in [1.82, 2.24) is 0 Å². The Bertz CT molecular complexity index is 1200. The second-order valence-electron chi connectivity index (χ2n) is 7.30. The molecule has 3 rings (SSSR count). The Morgan fingerprint density at radius 2 is 1.56 bits per heavy atom. The number of carbonyl (C=O) groups is 1. The van der Waals surface area contributed by atoms with Crippen molar-refractivity contribution in [3.05, 3.63) is 95.6 Å². The van der Waals surface area contributed by atoms with Gasteiger partial charge in [0.2, 0.25) is 0 Å². The Morgan fingerprint density at radius 3 is 2.19 bits per heavy atom. The summed E-state index contributed by atoms with van der Waals surface area (Å²) in [5.74, 6) is 0.692. The van der Waals surface area contributed by atoms with Crippen LogP contribution in [-0.4, -0.2) is 24.3 Å². The lowest BCUT2D eigenvalue weighted by molar-refractivity contribution is -0.137. The normalized spacial score (nSPS) is 12.1. The predicted molar refractivity (Wildman–Crippen MR) is 126 cm³/mol. The molecule has 3 aromatic rings. The van der Waals surface area contributed by atoms with E-state index in [-0.39, 0.29) is 19.0 Å². The fourth-order valence-electron chi connectivity index (χ4n) is 2.72. The lowest BCUT2D eigenvalue weighted by atomic mass is 10.1. The zero-order valence-electron chi connectivity index (χ0n) is 19.1. The van der Waals surface area contributed by atoms with Crippen molar-refractivity contribution < 1.29 is 37.1 Å². The molecule has 0 saturated heterocycles. The molecule has 0 aliphatic carbocycles. The van der Waals surface area contributed by atoms with Crippen LogP contribution in [0.3, 0.4) is 0 Å². The van der Waals surface area contributed by atoms with Crippen LogP contribution in [0, 0.1) is 0 Å². The van der Waals surface area contributed by atoms with Crippen LogP contribution < -0.4 is 15.2 Å². The van der Waals surface area contributed by atoms with Crippen LogP contribution in [0.1, 0.15) is 23.6 Å². The van der Waals surface area contributed by atoms with Gasteiger partial charge in [0.1, 0.15) is 24.7 Å². The van der Waals surface area contributed by atoms with Crippen molar-refractivity contribution in [2.24, 2.45) is 16.0 Å². The number of hydrogen-bond acceptors (Lipinski definition) is 7. The van der Waals surface area contributed by atoms with Crippen molar-refractivity contribution >= 4 is 17.7 Å². The third-order valence-corrected chi connectivity index (χ3v) is 4.55. The van der Waals surface area contributed by atoms with E-state index in [4.69, 9.17) is 20.0 Å². The van der Waals surface area contributed by atoms with Gasteiger partial charge >= 0.3 is 12.3 Å². The first-order valence-corrected chi connectivity index (χ1v) is 10.5. The number of amidine groups is 1. The SMILES string of the molecule is CC(=NOCc1ccc(C(F)(F)F)cc1)c1ccc(OC/C(N)=N/OC(=O)Oc2ccccc2)cc1. The molecule has 3 aromatic carbocycles. The molecule has 2 N–H and O–H groups in total. The number of nitrogens with two attached hydrogens (primary N) is 1. The van der Waals surface area contributed by atoms with Crippen LogP contribution in [0.15, 0.2) is 89.2 Å². The van der Waals surface area contributed by atoms with Gasteiger partial charge in [-0.3, -0.25) is 4.84 Å². The van der Waals surface area contributed by atoms with E-state index in [1.54, 1.807) is 61.5 Å². The molecule has 0 aliphatic heterocycles. The summed E-state index contributed by atoms with van der Waals surface area (Å²) >= 11 is 0. The van der Waals surface area contributed by atoms with Crippen molar-refractivity contribution in [1.29, 1.82) is 0 Å². The molecule has 0 atom stereocenters. The highest BCUT2D eigenvalue weighted by Crippen LogP contribution is 2.29. The Balaban J connectivity index is 1.43. The van der Waals surface area contributed by atoms with Gasteiger partial charge in [-0.2, -0.15) is 13.2 Å². The number of nitrogens with zero attached hydrogens (tertiary/aromatic N) is 2. The number of rotatable bonds is 9. The minimum absolute atomic E-state index is 0.0241. The number of alkyl halides is 3. The molecule has 0 bridgehead atoms. The fourth-order valence-corrected chi connectivity index (χ4v) is 2.72. The summed E-state index contributed by atoms with van der Waals surface area (Å²) < 4.78 is 48.2. The summed E-state index contributed by atoms with van der Waals surface area (Å²) in [6.07, 6.45) is -5.42. The van der Waals surface area contributed by atoms with Crippen LogP contribution in [-0.2, 0) is 22.5 Å². The minimum Gasteiger partial charge on any atom is -0.486 e. The molecule has 0 heterocycles. The summed E-state index contributed by atoms with van der Waals surface area (Å²) in [5, 5.41) is 7.45. The predicted octanol–water partition coefficient (Wildman–Crippen LogP) is 5.51. The number of halogens is 3. The average Bonchev–Trinajstić information content (AvgIpc) is 2.87. The molecule has 188 valence electrons. The molecular formula is C25H22F3N3O5. The molecule has 0 aliphatic rings. The second-order valence-corrected chi connectivity index (χ2v) is 7.30. The molecule has 8 nitrogen and oxygen atoms in total. The molecule has 0 saturated carbocycles. The van der Waals surface area contributed by atoms with E-state index < -0.39 is 17.9 Å². The van der Waals surface area contributed by atoms with Gasteiger partial charge in [0.05, 0.1) is 11.3 Å². The van der Waals surface area contributed by atoms with Gasteiger partial charge in [0, 0.05) is 0 Å². The molecule has 0 spiro atoms. The van der Waals surface area contributed by atoms with E-state index in [2.05, 4.69) is 15.1 Å². The second kappa shape index (κ2) is 12.2. The first-order valence-electron chi connectivity index (χ1n) is 10.5. The van der Waals surface area contributed by atoms with E-state index in [1.807, 2.05) is 0 Å². The summed E-state index contributed by atoms with van der Waals surface area (Å²) in [6, 6.07) is 19.8. The van der Waals surface area contributed by atoms with Crippen molar-refractivity contribution in [3.63, 3.8) is 0 Å². The molecule has 36 heavy (non-hydrogen) atoms. The molecule has 0 amide bonds. The number of oxime groups is 2. The standard InChI is InChI=1S/C25H22F3N3O5/c1-17(30-34-15-18-7-11-20(12-8-18)25(26,27)28)19-9-13-21(14-10-19)33-16-23(29)31-36-24(32)35-22-5-3-2-4-6-22/h2-14H,15-16H2,1H3,(H2,29,31). The van der Waals surface area contributed by atoms with E-state index in [0.717, 1.165) is 17.7 Å². The summed E-state index contributed by atoms with van der Waals surface area (Å²) in [4.78, 5) is 21.4. The third kappa shape index (κ3) is 8.35. The van der Waals surface area contributed by atoms with E-state index in [1.165, 1.54) is 12.1 Å². The minimum atomic E-state index is -4.38. The molecule has 0 radical (unpaired) electrons. The van der Waals surface area contributed by atoms with E-state index in [9.17, 15) is 18.0 Å². The van der Waals surface area contributed by atoms with E-state index in [0.29, 0.717) is 22.8 Å². The van der Waals surface area contributed by atoms with Crippen molar-refractivity contribution in [2.75, 3.05) is 6.61 Å². The number of carbonyl (C=O) groups excluding carboxylic acids is 1. The molecule has 0 aromatic heterocycles. The van der Waals surface area contributed by atoms with Gasteiger partial charge in [0.25, 0.3) is 0 Å². The maximum absolute atomic E-state index is 12.6. The Morgan fingerprint density at radius 1 is 0.889 bits per heavy atom. The monoisotopic (exact) mass is 501 g/mol. The first kappa shape index (κ1) is 26.1. The van der Waals surface area contributed by atoms with Crippen LogP contribution in [0.4, 0.5) is 18.0 Å². The smallest absolute Gasteiger partial charge is 0.486 e. The van der Waals surface area contributed by atoms with Gasteiger partial charge in [-0.05, 0) is 66.6 Å². The van der Waals surface area contributed by atoms with Gasteiger partial charge in [-0.15, -0.1) is 0 Å². The van der Waals surface area contributed by atoms with Gasteiger partial charge in [-0.25, -0.2) is 4.79 Å². The number of benzene rings is 3. The molecule has 0 fully saturated rings. The van der Waals surface area contributed by atoms with Crippen molar-refractivity contribution in [3.8, 4) is 11.5 Å². The highest BCUT2D eigenvalue weighted by molar-refractivity contribution is 5.98. The first-order chi connectivity index (χ1) is 17.2. The lowest BCUT2D eigenvalue weighted by Gasteiger charge is -2.08. The largest absolute Gasteiger partial charge is 0.540 e. The highest BCUT2D eigenvalue weighted by Gasteiger charge is 2.29. The van der Waals surface area contributed by atoms with E-state index >= 15 is 0 Å². The zero-order chi connectivity index (χ0) is 26.0. The molecular weight excluding hydrogens is 479 g/mol. The summed E-state index contributed by atoms with van der Waals surface area (Å²) in [6.45, 7) is 1.61. The number of ether oxygens (including phenoxy) is 2. The lowest BCUT2D eigenvalue weighted by Crippen LogP contribution is -2.22. The quantitative estimate of drug-likeness (QED) is 0.104. The van der Waals surface area contributed by atoms with Gasteiger partial charge < -0.3 is 20.0 Å². The Labute approximate surface area is 204 Å².